The third-order valence-corrected chi connectivity index (χ3v) is 23.4. The zero-order valence-electron chi connectivity index (χ0n) is 63.8. The van der Waals surface area contributed by atoms with Crippen molar-refractivity contribution in [3.8, 4) is 111 Å². The maximum absolute atomic E-state index is 2.48. The average molecular weight is 1470 g/mol. The summed E-state index contributed by atoms with van der Waals surface area (Å²) in [5.41, 5.74) is 29.3. The lowest BCUT2D eigenvalue weighted by Gasteiger charge is -2.29. The van der Waals surface area contributed by atoms with Gasteiger partial charge in [0.05, 0.1) is 5.69 Å². The fourth-order valence-corrected chi connectivity index (χ4v) is 17.7. The SMILES string of the molecule is c1ccc(-c2ccc(-c3ccccc3N(c3ccc(-c4c(-c5ccccc5)cc(-c5cc(-c6ccc7c(ccc8ccccc87)c6)cc(N(c6ccc(-c7ccccc7)cc6)c6ccc(-c7c(-c8ccccc8)ccc8ccccc78)cc6)c5)c5ccccc45)cc3)c3cccc(-c4ccc5c(ccc6ccccc65)c4)c3)cc2)cc1. The molecular weight excluding hydrogens is 1400 g/mol. The van der Waals surface area contributed by atoms with Crippen molar-refractivity contribution in [3.05, 3.63) is 461 Å². The lowest BCUT2D eigenvalue weighted by Crippen LogP contribution is -2.11. The Morgan fingerprint density at radius 3 is 1.05 bits per heavy atom. The highest BCUT2D eigenvalue weighted by atomic mass is 15.1. The molecule has 0 atom stereocenters. The molecule has 21 aromatic rings. The van der Waals surface area contributed by atoms with Gasteiger partial charge in [-0.3, -0.25) is 0 Å². The molecule has 21 aromatic carbocycles. The molecule has 0 saturated carbocycles. The van der Waals surface area contributed by atoms with E-state index in [2.05, 4.69) is 471 Å². The number of nitrogens with zero attached hydrogens (tertiary/aromatic N) is 2. The number of para-hydroxylation sites is 1. The molecule has 0 aromatic heterocycles. The summed E-state index contributed by atoms with van der Waals surface area (Å²) >= 11 is 0. The number of hydrogen-bond acceptors (Lipinski definition) is 2. The Labute approximate surface area is 676 Å². The van der Waals surface area contributed by atoms with Gasteiger partial charge in [-0.2, -0.15) is 0 Å². The third-order valence-electron chi connectivity index (χ3n) is 23.4. The molecule has 0 bridgehead atoms. The van der Waals surface area contributed by atoms with Crippen LogP contribution < -0.4 is 9.80 Å². The Morgan fingerprint density at radius 1 is 0.121 bits per heavy atom. The third kappa shape index (κ3) is 12.9. The van der Waals surface area contributed by atoms with Gasteiger partial charge in [-0.1, -0.05) is 370 Å². The van der Waals surface area contributed by atoms with Crippen molar-refractivity contribution in [2.24, 2.45) is 0 Å². The van der Waals surface area contributed by atoms with Crippen LogP contribution in [0.3, 0.4) is 0 Å². The van der Waals surface area contributed by atoms with Crippen molar-refractivity contribution in [2.45, 2.75) is 0 Å². The number of benzene rings is 21. The van der Waals surface area contributed by atoms with Crippen LogP contribution >= 0.6 is 0 Å². The van der Waals surface area contributed by atoms with Crippen LogP contribution in [0.4, 0.5) is 34.1 Å². The first-order valence-corrected chi connectivity index (χ1v) is 40.0. The van der Waals surface area contributed by atoms with E-state index in [1.54, 1.807) is 0 Å². The van der Waals surface area contributed by atoms with Gasteiger partial charge >= 0.3 is 0 Å². The monoisotopic (exact) mass is 1470 g/mol. The van der Waals surface area contributed by atoms with E-state index in [0.717, 1.165) is 117 Å². The van der Waals surface area contributed by atoms with Crippen LogP contribution in [-0.4, -0.2) is 0 Å². The second kappa shape index (κ2) is 29.8. The van der Waals surface area contributed by atoms with E-state index < -0.39 is 0 Å². The van der Waals surface area contributed by atoms with Gasteiger partial charge in [-0.25, -0.2) is 0 Å². The Bertz CT molecular complexity index is 7260. The first-order chi connectivity index (χ1) is 57.5. The molecular formula is C114H76N2. The molecule has 2 nitrogen and oxygen atoms in total. The van der Waals surface area contributed by atoms with Gasteiger partial charge in [0.2, 0.25) is 0 Å². The van der Waals surface area contributed by atoms with Gasteiger partial charge in [0.1, 0.15) is 0 Å². The summed E-state index contributed by atoms with van der Waals surface area (Å²) in [6, 6.07) is 171. The zero-order valence-corrected chi connectivity index (χ0v) is 63.8. The van der Waals surface area contributed by atoms with Gasteiger partial charge < -0.3 is 9.80 Å². The second-order valence-corrected chi connectivity index (χ2v) is 30.2. The maximum Gasteiger partial charge on any atom is 0.0540 e. The highest BCUT2D eigenvalue weighted by Gasteiger charge is 2.25. The van der Waals surface area contributed by atoms with Gasteiger partial charge in [0, 0.05) is 34.0 Å². The van der Waals surface area contributed by atoms with E-state index >= 15 is 0 Å². The molecule has 0 saturated heterocycles. The fourth-order valence-electron chi connectivity index (χ4n) is 17.7. The molecule has 0 heterocycles. The predicted molar refractivity (Wildman–Crippen MR) is 495 cm³/mol. The minimum atomic E-state index is 1.03. The van der Waals surface area contributed by atoms with Crippen LogP contribution in [0.5, 0.6) is 0 Å². The smallest absolute Gasteiger partial charge is 0.0540 e. The van der Waals surface area contributed by atoms with Crippen LogP contribution in [-0.2, 0) is 0 Å². The summed E-state index contributed by atoms with van der Waals surface area (Å²) in [7, 11) is 0. The number of fused-ring (bicyclic) bond motifs is 8. The van der Waals surface area contributed by atoms with Crippen LogP contribution in [0.1, 0.15) is 0 Å². The number of rotatable bonds is 16. The first-order valence-electron chi connectivity index (χ1n) is 40.0. The van der Waals surface area contributed by atoms with Crippen LogP contribution in [0.25, 0.3) is 176 Å². The van der Waals surface area contributed by atoms with E-state index in [-0.39, 0.29) is 0 Å². The van der Waals surface area contributed by atoms with Crippen molar-refractivity contribution >= 4 is 98.8 Å². The van der Waals surface area contributed by atoms with Gasteiger partial charge in [-0.15, -0.1) is 0 Å². The van der Waals surface area contributed by atoms with Crippen LogP contribution in [0.15, 0.2) is 461 Å². The summed E-state index contributed by atoms with van der Waals surface area (Å²) in [5, 5.41) is 14.6. The van der Waals surface area contributed by atoms with Gasteiger partial charge in [0.15, 0.2) is 0 Å². The standard InChI is InChI=1S/C114H76N2/c1-5-24-77(25-6-1)79-44-46-86(47-45-79)105-39-21-22-43-112(105)116(99-36-23-35-89(73-99)90-59-67-103-92(70-90)50-48-83-32-13-16-37-101(83)103)98-65-56-88(57-66-98)114-109-42-20-19-41-108(109)110(76-111(114)82-30-11-4-12-31-82)95-72-94(91-60-68-104-93(71-91)51-49-84-33-14-17-38-102(84)104)74-100(75-95)115(96-61-52-80(53-62-96)78-26-7-2-8-27-78)97-63-54-87(55-64-97)113-106-40-18-15-34-85(106)58-69-107(113)81-28-9-3-10-29-81/h1-76H. The second-order valence-electron chi connectivity index (χ2n) is 30.2. The molecule has 0 amide bonds. The highest BCUT2D eigenvalue weighted by Crippen LogP contribution is 2.50. The van der Waals surface area contributed by atoms with E-state index in [1.165, 1.54) is 92.8 Å². The van der Waals surface area contributed by atoms with E-state index in [0.29, 0.717) is 0 Å². The van der Waals surface area contributed by atoms with Crippen molar-refractivity contribution in [2.75, 3.05) is 9.80 Å². The molecule has 0 aliphatic carbocycles. The molecule has 2 heteroatoms. The minimum absolute atomic E-state index is 1.03. The molecule has 21 rings (SSSR count). The summed E-state index contributed by atoms with van der Waals surface area (Å²) < 4.78 is 0. The molecule has 0 N–H and O–H groups in total. The molecule has 0 fully saturated rings. The Hall–Kier alpha value is -15.2. The summed E-state index contributed by atoms with van der Waals surface area (Å²) in [6.07, 6.45) is 0. The molecule has 0 aliphatic heterocycles. The van der Waals surface area contributed by atoms with Crippen molar-refractivity contribution < 1.29 is 0 Å². The fraction of sp³-hybridized carbons (Fsp3) is 0. The Morgan fingerprint density at radius 2 is 0.474 bits per heavy atom. The number of anilines is 6. The van der Waals surface area contributed by atoms with E-state index in [4.69, 9.17) is 0 Å². The quantitative estimate of drug-likeness (QED) is 0.0890. The van der Waals surface area contributed by atoms with Gasteiger partial charge in [0.25, 0.3) is 0 Å². The van der Waals surface area contributed by atoms with E-state index in [1.807, 2.05) is 0 Å². The van der Waals surface area contributed by atoms with Gasteiger partial charge in [-0.05, 0) is 261 Å². The Balaban J connectivity index is 0.739. The Kier molecular flexibility index (Phi) is 17.7. The highest BCUT2D eigenvalue weighted by molar-refractivity contribution is 6.14. The number of hydrogen-bond donors (Lipinski definition) is 0. The lowest BCUT2D eigenvalue weighted by atomic mass is 9.84. The maximum atomic E-state index is 2.48. The summed E-state index contributed by atoms with van der Waals surface area (Å²) in [6.45, 7) is 0. The summed E-state index contributed by atoms with van der Waals surface area (Å²) in [4.78, 5) is 4.91. The summed E-state index contributed by atoms with van der Waals surface area (Å²) in [5.74, 6) is 0. The van der Waals surface area contributed by atoms with E-state index in [9.17, 15) is 0 Å². The molecule has 0 unspecified atom stereocenters. The van der Waals surface area contributed by atoms with Crippen LogP contribution in [0, 0.1) is 0 Å². The minimum Gasteiger partial charge on any atom is -0.310 e. The van der Waals surface area contributed by atoms with Crippen molar-refractivity contribution in [1.82, 2.24) is 0 Å². The first kappa shape index (κ1) is 68.8. The van der Waals surface area contributed by atoms with Crippen molar-refractivity contribution in [1.29, 1.82) is 0 Å². The molecule has 542 valence electrons. The normalized spacial score (nSPS) is 11.4. The van der Waals surface area contributed by atoms with Crippen LogP contribution in [0.2, 0.25) is 0 Å². The average Bonchev–Trinajstić information content (AvgIpc) is 0.739. The molecule has 0 aliphatic rings. The largest absolute Gasteiger partial charge is 0.310 e. The molecule has 0 spiro atoms. The predicted octanol–water partition coefficient (Wildman–Crippen LogP) is 32.2. The topological polar surface area (TPSA) is 6.48 Å². The molecule has 116 heavy (non-hydrogen) atoms. The lowest BCUT2D eigenvalue weighted by molar-refractivity contribution is 1.28. The zero-order chi connectivity index (χ0) is 76.8. The molecule has 0 radical (unpaired) electrons. The van der Waals surface area contributed by atoms with Crippen molar-refractivity contribution in [3.63, 3.8) is 0 Å².